The summed E-state index contributed by atoms with van der Waals surface area (Å²) in [6, 6.07) is 62.8. The van der Waals surface area contributed by atoms with Gasteiger partial charge in [-0.3, -0.25) is 0 Å². The third kappa shape index (κ3) is 4.18. The molecule has 1 radical (unpaired) electrons. The van der Waals surface area contributed by atoms with Crippen LogP contribution < -0.4 is 16.2 Å². The average Bonchev–Trinajstić information content (AvgIpc) is 4.05. The van der Waals surface area contributed by atoms with Gasteiger partial charge in [0.1, 0.15) is 0 Å². The molecule has 315 valence electrons. The molecule has 8 saturated carbocycles. The van der Waals surface area contributed by atoms with E-state index in [0.29, 0.717) is 16.2 Å². The van der Waals surface area contributed by atoms with Crippen LogP contribution in [0.3, 0.4) is 0 Å². The molecule has 2 heterocycles. The molecule has 8 aliphatic carbocycles. The second-order valence-electron chi connectivity index (χ2n) is 22.4. The molecule has 1 aliphatic heterocycles. The number of fused-ring (bicyclic) bond motifs is 6. The van der Waals surface area contributed by atoms with Crippen molar-refractivity contribution in [1.82, 2.24) is 4.57 Å². The van der Waals surface area contributed by atoms with Gasteiger partial charge in [0.25, 0.3) is 0 Å². The molecule has 6 atom stereocenters. The number of rotatable bonds is 7. The Kier molecular flexibility index (Phi) is 6.62. The largest absolute Gasteiger partial charge is 0.355 e. The minimum absolute atomic E-state index is 0.367. The van der Waals surface area contributed by atoms with Gasteiger partial charge in [-0.15, -0.1) is 0 Å². The van der Waals surface area contributed by atoms with Crippen LogP contribution in [0.25, 0.3) is 71.6 Å². The van der Waals surface area contributed by atoms with Crippen LogP contribution in [-0.2, 0) is 10.8 Å². The highest BCUT2D eigenvalue weighted by molar-refractivity contribution is 6.73. The zero-order chi connectivity index (χ0) is 42.7. The fourth-order valence-electron chi connectivity index (χ4n) is 17.9. The summed E-state index contributed by atoms with van der Waals surface area (Å²) in [7, 11) is 2.61. The van der Waals surface area contributed by atoms with Crippen molar-refractivity contribution < 1.29 is 0 Å². The molecule has 4 bridgehead atoms. The Morgan fingerprint density at radius 3 is 1.95 bits per heavy atom. The van der Waals surface area contributed by atoms with E-state index in [4.69, 9.17) is 0 Å². The minimum atomic E-state index is 0.367. The van der Waals surface area contributed by atoms with Crippen molar-refractivity contribution >= 4 is 62.2 Å². The second kappa shape index (κ2) is 12.2. The van der Waals surface area contributed by atoms with Crippen molar-refractivity contribution in [3.63, 3.8) is 0 Å². The number of benzene rings is 8. The number of hydrogen-bond acceptors (Lipinski definition) is 1. The van der Waals surface area contributed by atoms with Crippen LogP contribution in [0.15, 0.2) is 164 Å². The molecule has 1 N–H and O–H groups in total. The predicted molar refractivity (Wildman–Crippen MR) is 273 cm³/mol. The smallest absolute Gasteiger partial charge is 0.197 e. The summed E-state index contributed by atoms with van der Waals surface area (Å²) >= 11 is 0. The zero-order valence-corrected chi connectivity index (χ0v) is 37.2. The summed E-state index contributed by atoms with van der Waals surface area (Å²) in [5, 5.41) is 9.44. The van der Waals surface area contributed by atoms with E-state index >= 15 is 0 Å². The number of hydrogen-bond donors (Lipinski definition) is 1. The first-order valence-corrected chi connectivity index (χ1v) is 25.2. The molecule has 1 aromatic heterocycles. The molecule has 0 saturated heterocycles. The van der Waals surface area contributed by atoms with Crippen molar-refractivity contribution in [2.24, 2.45) is 40.9 Å². The van der Waals surface area contributed by atoms with E-state index in [1.165, 1.54) is 134 Å². The van der Waals surface area contributed by atoms with Crippen molar-refractivity contribution in [2.45, 2.75) is 62.2 Å². The van der Waals surface area contributed by atoms with Gasteiger partial charge in [0.05, 0.1) is 5.52 Å². The predicted octanol–water partition coefficient (Wildman–Crippen LogP) is 14.0. The Morgan fingerprint density at radius 1 is 0.530 bits per heavy atom. The van der Waals surface area contributed by atoms with E-state index in [0.717, 1.165) is 46.9 Å². The first kappa shape index (κ1) is 35.9. The summed E-state index contributed by atoms with van der Waals surface area (Å²) in [4.78, 5) is 0. The van der Waals surface area contributed by atoms with Crippen LogP contribution in [-0.4, -0.2) is 11.8 Å². The maximum absolute atomic E-state index is 3.98. The van der Waals surface area contributed by atoms with Crippen LogP contribution in [0.4, 0.5) is 11.4 Å². The van der Waals surface area contributed by atoms with E-state index in [9.17, 15) is 0 Å². The first-order chi connectivity index (χ1) is 32.6. The third-order valence-corrected chi connectivity index (χ3v) is 20.4. The summed E-state index contributed by atoms with van der Waals surface area (Å²) in [5.41, 5.74) is 21.2. The number of nitrogens with zero attached hydrogens (tertiary/aromatic N) is 1. The Balaban J connectivity index is 0.902. The molecule has 2 nitrogen and oxygen atoms in total. The quantitative estimate of drug-likeness (QED) is 0.158. The van der Waals surface area contributed by atoms with Gasteiger partial charge >= 0.3 is 0 Å². The van der Waals surface area contributed by atoms with Gasteiger partial charge in [-0.25, -0.2) is 0 Å². The molecular weight excluding hydrogens is 796 g/mol. The molecule has 8 fully saturated rings. The Hall–Kier alpha value is -6.32. The van der Waals surface area contributed by atoms with E-state index in [1.807, 2.05) is 0 Å². The van der Waals surface area contributed by atoms with Gasteiger partial charge in [0.2, 0.25) is 0 Å². The van der Waals surface area contributed by atoms with E-state index in [1.54, 1.807) is 11.1 Å². The van der Waals surface area contributed by atoms with Crippen LogP contribution in [0, 0.1) is 40.9 Å². The normalized spacial score (nSPS) is 30.5. The molecule has 6 unspecified atom stereocenters. The van der Waals surface area contributed by atoms with E-state index in [2.05, 4.69) is 181 Å². The van der Waals surface area contributed by atoms with Gasteiger partial charge in [-0.05, 0) is 202 Å². The van der Waals surface area contributed by atoms with Gasteiger partial charge < -0.3 is 9.88 Å². The molecule has 8 aromatic carbocycles. The molecule has 9 aliphatic rings. The summed E-state index contributed by atoms with van der Waals surface area (Å²) in [6.07, 6.45) is 11.5. The Labute approximate surface area is 387 Å². The topological polar surface area (TPSA) is 17.0 Å². The standard InChI is InChI=1S/C63H50BN2/c1-3-9-36(10-4-1)38-15-19-49(20-16-38)65-56-26-40-14-8-7-13-39(40)24-50(56)52-25-41(37-11-5-2-6-12-37)27-58-59(52)64-55-32-45(62-33-42-23-44(62)17-21-54(42)62)31-53-51-30-43(18-22-57(51)66(58)60(53)55)61-34-47-28-46-29-48(35-61)63(46,47)61/h1-16,18-20,22,24-27,30-32,42,44,46-48,54,65H,17,21,23,28-29,33-35H2. The Bertz CT molecular complexity index is 3570. The van der Waals surface area contributed by atoms with Crippen LogP contribution in [0.2, 0.25) is 0 Å². The van der Waals surface area contributed by atoms with Crippen molar-refractivity contribution in [2.75, 3.05) is 5.32 Å². The monoisotopic (exact) mass is 845 g/mol. The first-order valence-electron chi connectivity index (χ1n) is 25.2. The van der Waals surface area contributed by atoms with Crippen LogP contribution in [0.5, 0.6) is 0 Å². The zero-order valence-electron chi connectivity index (χ0n) is 37.2. The highest BCUT2D eigenvalue weighted by atomic mass is 15.0. The van der Waals surface area contributed by atoms with Crippen LogP contribution >= 0.6 is 0 Å². The van der Waals surface area contributed by atoms with Crippen molar-refractivity contribution in [3.05, 3.63) is 175 Å². The molecule has 1 spiro atoms. The maximum atomic E-state index is 3.98. The lowest BCUT2D eigenvalue weighted by molar-refractivity contribution is -0.395. The van der Waals surface area contributed by atoms with Gasteiger partial charge in [0, 0.05) is 49.7 Å². The highest BCUT2D eigenvalue weighted by Crippen LogP contribution is 2.92. The minimum Gasteiger partial charge on any atom is -0.355 e. The third-order valence-electron chi connectivity index (χ3n) is 20.4. The van der Waals surface area contributed by atoms with E-state index < -0.39 is 0 Å². The number of anilines is 2. The SMILES string of the molecule is [B]1c2c(-c3cc4ccccc4cc3Nc3ccc(-c4ccccc4)cc3)cc(-c3ccccc3)cc2-n2c3ccc(C45CC6CC7CC(C4)C765)cc3c3cc(C45CC6CC4CCC65)cc1c32. The molecule has 0 amide bonds. The molecular formula is C63H50BN2. The lowest BCUT2D eigenvalue weighted by Crippen LogP contribution is -2.87. The fourth-order valence-corrected chi connectivity index (χ4v) is 17.9. The molecule has 66 heavy (non-hydrogen) atoms. The van der Waals surface area contributed by atoms with Crippen LogP contribution in [0.1, 0.15) is 62.5 Å². The summed E-state index contributed by atoms with van der Waals surface area (Å²) in [5.74, 6) is 5.65. The summed E-state index contributed by atoms with van der Waals surface area (Å²) < 4.78 is 2.71. The Morgan fingerprint density at radius 2 is 1.24 bits per heavy atom. The lowest BCUT2D eigenvalue weighted by atomic mass is 9.12. The van der Waals surface area contributed by atoms with Gasteiger partial charge in [0.15, 0.2) is 7.28 Å². The average molecular weight is 846 g/mol. The van der Waals surface area contributed by atoms with Gasteiger partial charge in [-0.2, -0.15) is 0 Å². The summed E-state index contributed by atoms with van der Waals surface area (Å²) in [6.45, 7) is 0. The molecule has 18 rings (SSSR count). The number of aromatic nitrogens is 1. The fraction of sp³-hybridized carbons (Fsp3) is 0.270. The van der Waals surface area contributed by atoms with Gasteiger partial charge in [-0.1, -0.05) is 115 Å². The second-order valence-corrected chi connectivity index (χ2v) is 22.4. The highest BCUT2D eigenvalue weighted by Gasteiger charge is 2.87. The van der Waals surface area contributed by atoms with E-state index in [-0.39, 0.29) is 0 Å². The lowest BCUT2D eigenvalue weighted by Gasteiger charge is -2.91. The maximum Gasteiger partial charge on any atom is 0.197 e. The van der Waals surface area contributed by atoms with Crippen molar-refractivity contribution in [3.8, 4) is 39.1 Å². The number of nitrogens with one attached hydrogen (secondary N) is 1. The molecule has 3 heteroatoms. The molecule has 9 aromatic rings. The van der Waals surface area contributed by atoms with Crippen molar-refractivity contribution in [1.29, 1.82) is 0 Å².